The molecule has 34 heavy (non-hydrogen) atoms. The van der Waals surface area contributed by atoms with Crippen molar-refractivity contribution in [1.82, 2.24) is 5.48 Å². The van der Waals surface area contributed by atoms with Crippen molar-refractivity contribution in [3.8, 4) is 5.75 Å². The predicted octanol–water partition coefficient (Wildman–Crippen LogP) is 3.51. The first-order chi connectivity index (χ1) is 15.9. The van der Waals surface area contributed by atoms with Gasteiger partial charge in [0, 0.05) is 0 Å². The fraction of sp³-hybridized carbons (Fsp3) is 0.348. The van der Waals surface area contributed by atoms with Gasteiger partial charge in [-0.05, 0) is 45.1 Å². The van der Waals surface area contributed by atoms with Crippen LogP contribution in [-0.4, -0.2) is 36.5 Å². The molecular formula is C23H22F3NO7. The summed E-state index contributed by atoms with van der Waals surface area (Å²) in [6.07, 6.45) is -2.75. The molecule has 1 N–H and O–H groups in total. The monoisotopic (exact) mass is 481 g/mol. The minimum atomic E-state index is -5.00. The van der Waals surface area contributed by atoms with Gasteiger partial charge < -0.3 is 19.0 Å². The van der Waals surface area contributed by atoms with E-state index in [0.29, 0.717) is 0 Å². The largest absolute Gasteiger partial charge is 0.477 e. The summed E-state index contributed by atoms with van der Waals surface area (Å²) in [4.78, 5) is 41.2. The number of halogens is 3. The number of ketones is 1. The molecule has 0 saturated heterocycles. The van der Waals surface area contributed by atoms with Crippen LogP contribution in [0.3, 0.4) is 0 Å². The normalized spacial score (nSPS) is 20.2. The van der Waals surface area contributed by atoms with E-state index in [1.807, 2.05) is 0 Å². The van der Waals surface area contributed by atoms with Crippen LogP contribution in [0.2, 0.25) is 0 Å². The highest BCUT2D eigenvalue weighted by Gasteiger charge is 2.50. The molecule has 1 aliphatic heterocycles. The van der Waals surface area contributed by atoms with Gasteiger partial charge in [0.05, 0.1) is 11.3 Å². The third kappa shape index (κ3) is 6.04. The number of allylic oxidation sites excluding steroid dienone is 3. The summed E-state index contributed by atoms with van der Waals surface area (Å²) in [6, 6.07) is 7.54. The molecular weight excluding hydrogens is 459 g/mol. The number of nitrogens with one attached hydrogen (secondary N) is 1. The van der Waals surface area contributed by atoms with Crippen LogP contribution in [0.1, 0.15) is 20.8 Å². The van der Waals surface area contributed by atoms with E-state index in [4.69, 9.17) is 19.0 Å². The molecule has 1 aromatic rings. The summed E-state index contributed by atoms with van der Waals surface area (Å²) < 4.78 is 56.3. The molecule has 0 aromatic heterocycles. The maximum absolute atomic E-state index is 13.6. The van der Waals surface area contributed by atoms with Gasteiger partial charge in [-0.15, -0.1) is 5.48 Å². The van der Waals surface area contributed by atoms with Gasteiger partial charge in [-0.2, -0.15) is 13.2 Å². The van der Waals surface area contributed by atoms with E-state index < -0.39 is 59.4 Å². The average Bonchev–Trinajstić information content (AvgIpc) is 2.74. The number of carbonyl (C=O) groups is 3. The highest BCUT2D eigenvalue weighted by Crippen LogP contribution is 2.39. The lowest BCUT2D eigenvalue weighted by atomic mass is 9.89. The minimum absolute atomic E-state index is 0.0410. The number of fused-ring (bicyclic) bond motifs is 1. The average molecular weight is 481 g/mol. The quantitative estimate of drug-likeness (QED) is 0.487. The third-order valence-electron chi connectivity index (χ3n) is 4.58. The van der Waals surface area contributed by atoms with Gasteiger partial charge in [0.15, 0.2) is 0 Å². The van der Waals surface area contributed by atoms with Gasteiger partial charge in [0.2, 0.25) is 17.3 Å². The Morgan fingerprint density at radius 1 is 1.12 bits per heavy atom. The molecule has 0 fully saturated rings. The predicted molar refractivity (Wildman–Crippen MR) is 110 cm³/mol. The maximum Gasteiger partial charge on any atom is 0.453 e. The molecule has 0 amide bonds. The molecule has 0 bridgehead atoms. The third-order valence-corrected chi connectivity index (χ3v) is 4.58. The number of esters is 1. The van der Waals surface area contributed by atoms with Crippen LogP contribution >= 0.6 is 0 Å². The summed E-state index contributed by atoms with van der Waals surface area (Å²) in [6.45, 7) is 4.35. The number of hydroxylamine groups is 1. The van der Waals surface area contributed by atoms with Crippen molar-refractivity contribution in [2.75, 3.05) is 6.54 Å². The molecule has 8 nitrogen and oxygen atoms in total. The van der Waals surface area contributed by atoms with Gasteiger partial charge in [-0.1, -0.05) is 24.3 Å². The molecule has 2 aliphatic rings. The number of benzene rings is 1. The fourth-order valence-electron chi connectivity index (χ4n) is 2.87. The Bertz CT molecular complexity index is 1050. The first-order valence-corrected chi connectivity index (χ1v) is 10.2. The molecule has 0 saturated carbocycles. The second-order valence-corrected chi connectivity index (χ2v) is 8.41. The lowest BCUT2D eigenvalue weighted by Gasteiger charge is -2.33. The van der Waals surface area contributed by atoms with Crippen LogP contribution in [0, 0.1) is 11.3 Å². The Hall–Kier alpha value is -3.60. The van der Waals surface area contributed by atoms with Gasteiger partial charge in [0.1, 0.15) is 24.2 Å². The summed E-state index contributed by atoms with van der Waals surface area (Å²) in [5.41, 5.74) is 1.37. The molecule has 1 aromatic carbocycles. The second kappa shape index (κ2) is 9.72. The van der Waals surface area contributed by atoms with Gasteiger partial charge in [-0.25, -0.2) is 4.79 Å². The topological polar surface area (TPSA) is 100 Å². The maximum atomic E-state index is 13.6. The van der Waals surface area contributed by atoms with Crippen molar-refractivity contribution in [2.45, 2.75) is 33.1 Å². The van der Waals surface area contributed by atoms with Crippen LogP contribution in [0.5, 0.6) is 5.75 Å². The Balaban J connectivity index is 1.71. The van der Waals surface area contributed by atoms with Gasteiger partial charge >= 0.3 is 18.1 Å². The Morgan fingerprint density at radius 2 is 1.79 bits per heavy atom. The standard InChI is InChI=1S/C23H22F3NO7/c1-22(2,3)21(30)34-27-12-17(28)31-14-9-10-15-16(11-14)33-20(23(24,25)26)19(18(15)29)32-13-7-5-4-6-8-13/h4-11,15-16,27H,12H2,1-3H3. The zero-order chi connectivity index (χ0) is 25.1. The number of rotatable bonds is 6. The van der Waals surface area contributed by atoms with Crippen molar-refractivity contribution in [2.24, 2.45) is 11.3 Å². The van der Waals surface area contributed by atoms with Crippen LogP contribution in [0.15, 0.2) is 65.8 Å². The van der Waals surface area contributed by atoms with Crippen molar-refractivity contribution in [3.05, 3.63) is 65.8 Å². The Kier molecular flexibility index (Phi) is 7.15. The highest BCUT2D eigenvalue weighted by molar-refractivity contribution is 5.99. The summed E-state index contributed by atoms with van der Waals surface area (Å²) in [7, 11) is 0. The number of alkyl halides is 3. The van der Waals surface area contributed by atoms with Crippen molar-refractivity contribution < 1.29 is 46.6 Å². The van der Waals surface area contributed by atoms with Crippen LogP contribution in [0.25, 0.3) is 0 Å². The minimum Gasteiger partial charge on any atom is -0.477 e. The van der Waals surface area contributed by atoms with Gasteiger partial charge in [0.25, 0.3) is 0 Å². The summed E-state index contributed by atoms with van der Waals surface area (Å²) in [5.74, 6) is -6.14. The molecule has 1 aliphatic carbocycles. The lowest BCUT2D eigenvalue weighted by molar-refractivity contribution is -0.162. The van der Waals surface area contributed by atoms with E-state index in [2.05, 4.69) is 5.48 Å². The SMILES string of the molecule is CC(C)(C)C(=O)ONCC(=O)OC1=CC2OC(C(F)(F)F)=C(Oc3ccccc3)C(=O)C2C=C1. The number of carbonyl (C=O) groups excluding carboxylic acids is 3. The molecule has 11 heteroatoms. The van der Waals surface area contributed by atoms with Crippen LogP contribution in [-0.2, 0) is 28.7 Å². The molecule has 0 radical (unpaired) electrons. The molecule has 0 spiro atoms. The van der Waals surface area contributed by atoms with Crippen molar-refractivity contribution in [1.29, 1.82) is 0 Å². The van der Waals surface area contributed by atoms with Crippen molar-refractivity contribution >= 4 is 17.7 Å². The van der Waals surface area contributed by atoms with Crippen molar-refractivity contribution in [3.63, 3.8) is 0 Å². The molecule has 2 atom stereocenters. The number of para-hydroxylation sites is 1. The zero-order valence-corrected chi connectivity index (χ0v) is 18.5. The van der Waals surface area contributed by atoms with Crippen LogP contribution < -0.4 is 10.2 Å². The molecule has 182 valence electrons. The highest BCUT2D eigenvalue weighted by atomic mass is 19.4. The number of hydrogen-bond donors (Lipinski definition) is 1. The molecule has 1 heterocycles. The first-order valence-electron chi connectivity index (χ1n) is 10.2. The number of Topliss-reactive ketones (excluding diaryl/α,β-unsaturated/α-hetero) is 1. The van der Waals surface area contributed by atoms with E-state index in [0.717, 1.165) is 6.08 Å². The Morgan fingerprint density at radius 3 is 2.41 bits per heavy atom. The van der Waals surface area contributed by atoms with E-state index in [1.165, 1.54) is 24.3 Å². The van der Waals surface area contributed by atoms with E-state index in [-0.39, 0.29) is 11.5 Å². The summed E-state index contributed by atoms with van der Waals surface area (Å²) in [5, 5.41) is 0. The van der Waals surface area contributed by atoms with E-state index in [1.54, 1.807) is 39.0 Å². The summed E-state index contributed by atoms with van der Waals surface area (Å²) >= 11 is 0. The smallest absolute Gasteiger partial charge is 0.453 e. The zero-order valence-electron chi connectivity index (χ0n) is 18.5. The van der Waals surface area contributed by atoms with Crippen LogP contribution in [0.4, 0.5) is 13.2 Å². The molecule has 3 rings (SSSR count). The lowest BCUT2D eigenvalue weighted by Crippen LogP contribution is -2.41. The number of hydrogen-bond acceptors (Lipinski definition) is 8. The second-order valence-electron chi connectivity index (χ2n) is 8.41. The first kappa shape index (κ1) is 25.0. The van der Waals surface area contributed by atoms with E-state index in [9.17, 15) is 27.6 Å². The van der Waals surface area contributed by atoms with Gasteiger partial charge in [-0.3, -0.25) is 9.59 Å². The Labute approximate surface area is 192 Å². The fourth-order valence-corrected chi connectivity index (χ4v) is 2.87. The number of ether oxygens (including phenoxy) is 3. The van der Waals surface area contributed by atoms with E-state index >= 15 is 0 Å². The molecule has 2 unspecified atom stereocenters.